The van der Waals surface area contributed by atoms with Crippen LogP contribution in [0.3, 0.4) is 0 Å². The highest BCUT2D eigenvalue weighted by Gasteiger charge is 1.87. The first-order chi connectivity index (χ1) is 2.27. The van der Waals surface area contributed by atoms with E-state index in [9.17, 15) is 9.46 Å². The molecule has 0 saturated heterocycles. The van der Waals surface area contributed by atoms with Gasteiger partial charge >= 0.3 is 7.23 Å². The SMILES string of the molecule is CS[P+](=O)[O-]. The van der Waals surface area contributed by atoms with Gasteiger partial charge < -0.3 is 4.89 Å². The van der Waals surface area contributed by atoms with Gasteiger partial charge in [-0.25, -0.2) is 0 Å². The van der Waals surface area contributed by atoms with Gasteiger partial charge in [0.25, 0.3) is 0 Å². The topological polar surface area (TPSA) is 40.1 Å². The molecule has 0 aromatic carbocycles. The Labute approximate surface area is 35.2 Å². The second kappa shape index (κ2) is 2.64. The van der Waals surface area contributed by atoms with Crippen LogP contribution in [0.1, 0.15) is 0 Å². The van der Waals surface area contributed by atoms with Crippen LogP contribution in [-0.4, -0.2) is 6.26 Å². The molecule has 30 valence electrons. The first kappa shape index (κ1) is 5.41. The van der Waals surface area contributed by atoms with Crippen LogP contribution in [0.15, 0.2) is 0 Å². The second-order valence-corrected chi connectivity index (χ2v) is 3.21. The standard InChI is InChI=1S/CH3O2PS/c1-5-4(2)3/h1H3. The average molecular weight is 110 g/mol. The number of hydrogen-bond donors (Lipinski definition) is 0. The lowest BCUT2D eigenvalue weighted by Gasteiger charge is -1.67. The fourth-order valence-corrected chi connectivity index (χ4v) is 0. The molecule has 5 heavy (non-hydrogen) atoms. The lowest BCUT2D eigenvalue weighted by atomic mass is 12.0. The summed E-state index contributed by atoms with van der Waals surface area (Å²) in [6.45, 7) is 0. The van der Waals surface area contributed by atoms with E-state index in [0.29, 0.717) is 0 Å². The zero-order valence-corrected chi connectivity index (χ0v) is 4.38. The minimum Gasteiger partial charge on any atom is -0.585 e. The summed E-state index contributed by atoms with van der Waals surface area (Å²) in [4.78, 5) is 9.37. The molecule has 0 aliphatic heterocycles. The fourth-order valence-electron chi connectivity index (χ4n) is 0. The van der Waals surface area contributed by atoms with Crippen molar-refractivity contribution >= 4 is 18.6 Å². The Bertz CT molecular complexity index is 44.9. The summed E-state index contributed by atoms with van der Waals surface area (Å²) < 4.78 is 9.37. The summed E-state index contributed by atoms with van der Waals surface area (Å²) in [5.74, 6) is 0. The maximum absolute atomic E-state index is 9.37. The van der Waals surface area contributed by atoms with Crippen molar-refractivity contribution in [2.24, 2.45) is 0 Å². The summed E-state index contributed by atoms with van der Waals surface area (Å²) in [6.07, 6.45) is 1.52. The van der Waals surface area contributed by atoms with E-state index in [1.165, 1.54) is 6.26 Å². The van der Waals surface area contributed by atoms with Crippen molar-refractivity contribution in [2.45, 2.75) is 0 Å². The quantitative estimate of drug-likeness (QED) is 0.458. The van der Waals surface area contributed by atoms with Crippen LogP contribution in [0.5, 0.6) is 0 Å². The summed E-state index contributed by atoms with van der Waals surface area (Å²) in [7, 11) is -2.18. The van der Waals surface area contributed by atoms with E-state index < -0.39 is 7.23 Å². The molecule has 0 aliphatic carbocycles. The second-order valence-electron chi connectivity index (χ2n) is 0.406. The van der Waals surface area contributed by atoms with E-state index in [1.807, 2.05) is 0 Å². The molecule has 0 radical (unpaired) electrons. The largest absolute Gasteiger partial charge is 0.585 e. The minimum absolute atomic E-state index is 0.833. The molecule has 1 unspecified atom stereocenters. The first-order valence-corrected chi connectivity index (χ1v) is 3.96. The summed E-state index contributed by atoms with van der Waals surface area (Å²) in [5.41, 5.74) is 0. The van der Waals surface area contributed by atoms with E-state index in [1.54, 1.807) is 0 Å². The molecule has 0 fully saturated rings. The third kappa shape index (κ3) is 4.41. The molecule has 0 rings (SSSR count). The molecule has 0 heterocycles. The predicted octanol–water partition coefficient (Wildman–Crippen LogP) is 0.367. The molecular formula is CH3O2PS. The van der Waals surface area contributed by atoms with Crippen molar-refractivity contribution in [1.82, 2.24) is 0 Å². The van der Waals surface area contributed by atoms with E-state index in [2.05, 4.69) is 0 Å². The van der Waals surface area contributed by atoms with Crippen molar-refractivity contribution in [3.05, 3.63) is 0 Å². The van der Waals surface area contributed by atoms with Gasteiger partial charge in [-0.2, -0.15) is 0 Å². The predicted molar refractivity (Wildman–Crippen MR) is 21.1 cm³/mol. The normalized spacial score (nSPS) is 11.2. The summed E-state index contributed by atoms with van der Waals surface area (Å²) >= 11 is 0.833. The Morgan fingerprint density at radius 3 is 2.20 bits per heavy atom. The third-order valence-corrected chi connectivity index (χ3v) is 1.34. The summed E-state index contributed by atoms with van der Waals surface area (Å²) in [5, 5.41) is 0. The molecule has 1 atom stereocenters. The Morgan fingerprint density at radius 2 is 2.20 bits per heavy atom. The minimum atomic E-state index is -2.18. The maximum Gasteiger partial charge on any atom is 0.384 e. The van der Waals surface area contributed by atoms with Gasteiger partial charge in [0.15, 0.2) is 0 Å². The van der Waals surface area contributed by atoms with Crippen molar-refractivity contribution in [3.8, 4) is 0 Å². The smallest absolute Gasteiger partial charge is 0.384 e. The van der Waals surface area contributed by atoms with Crippen molar-refractivity contribution in [1.29, 1.82) is 0 Å². The third-order valence-electron chi connectivity index (χ3n) is 0.149. The highest BCUT2D eigenvalue weighted by molar-refractivity contribution is 8.49. The number of hydrogen-bond acceptors (Lipinski definition) is 3. The Hall–Kier alpha value is 0.410. The van der Waals surface area contributed by atoms with E-state index >= 15 is 0 Å². The molecule has 0 amide bonds. The molecule has 0 aromatic rings. The van der Waals surface area contributed by atoms with Gasteiger partial charge in [0.2, 0.25) is 0 Å². The van der Waals surface area contributed by atoms with Crippen LogP contribution in [0.25, 0.3) is 0 Å². The monoisotopic (exact) mass is 110 g/mol. The van der Waals surface area contributed by atoms with E-state index in [-0.39, 0.29) is 0 Å². The zero-order valence-electron chi connectivity index (χ0n) is 2.67. The fraction of sp³-hybridized carbons (Fsp3) is 1.00. The van der Waals surface area contributed by atoms with Gasteiger partial charge in [0, 0.05) is 6.26 Å². The van der Waals surface area contributed by atoms with Crippen LogP contribution < -0.4 is 4.89 Å². The average Bonchev–Trinajstić information content (AvgIpc) is 1.38. The van der Waals surface area contributed by atoms with E-state index in [4.69, 9.17) is 0 Å². The molecule has 4 heteroatoms. The highest BCUT2D eigenvalue weighted by Crippen LogP contribution is 2.23. The first-order valence-electron chi connectivity index (χ1n) is 0.956. The molecule has 2 nitrogen and oxygen atoms in total. The number of rotatable bonds is 1. The van der Waals surface area contributed by atoms with Crippen LogP contribution in [0.4, 0.5) is 0 Å². The zero-order chi connectivity index (χ0) is 4.28. The highest BCUT2D eigenvalue weighted by atomic mass is 32.7. The van der Waals surface area contributed by atoms with Crippen molar-refractivity contribution in [3.63, 3.8) is 0 Å². The maximum atomic E-state index is 9.37. The molecule has 0 aromatic heterocycles. The summed E-state index contributed by atoms with van der Waals surface area (Å²) in [6, 6.07) is 0. The van der Waals surface area contributed by atoms with Gasteiger partial charge in [-0.1, -0.05) is 4.57 Å². The van der Waals surface area contributed by atoms with Crippen LogP contribution in [0, 0.1) is 0 Å². The van der Waals surface area contributed by atoms with Crippen LogP contribution >= 0.6 is 18.6 Å². The van der Waals surface area contributed by atoms with Gasteiger partial charge in [-0.15, -0.1) is 0 Å². The molecule has 0 aliphatic rings. The van der Waals surface area contributed by atoms with E-state index in [0.717, 1.165) is 11.4 Å². The van der Waals surface area contributed by atoms with Crippen LogP contribution in [-0.2, 0) is 4.57 Å². The van der Waals surface area contributed by atoms with Crippen LogP contribution in [0.2, 0.25) is 0 Å². The van der Waals surface area contributed by atoms with Crippen molar-refractivity contribution in [2.75, 3.05) is 6.26 Å². The lowest BCUT2D eigenvalue weighted by molar-refractivity contribution is -0.157. The molecule has 0 bridgehead atoms. The molecular weight excluding hydrogens is 107 g/mol. The van der Waals surface area contributed by atoms with Gasteiger partial charge in [-0.05, 0) is 0 Å². The molecule has 0 N–H and O–H groups in total. The Kier molecular flexibility index (Phi) is 2.85. The van der Waals surface area contributed by atoms with Gasteiger partial charge in [0.05, 0.1) is 0 Å². The molecule has 0 saturated carbocycles. The van der Waals surface area contributed by atoms with Crippen molar-refractivity contribution < 1.29 is 9.46 Å². The van der Waals surface area contributed by atoms with Gasteiger partial charge in [0.1, 0.15) is 11.4 Å². The Balaban J connectivity index is 2.85. The van der Waals surface area contributed by atoms with Gasteiger partial charge in [-0.3, -0.25) is 0 Å². The Morgan fingerprint density at radius 1 is 2.00 bits per heavy atom. The molecule has 0 spiro atoms. The lowest BCUT2D eigenvalue weighted by Crippen LogP contribution is -1.76.